The number of hydrogen-bond donors (Lipinski definition) is 0. The molecule has 0 N–H and O–H groups in total. The summed E-state index contributed by atoms with van der Waals surface area (Å²) in [6.07, 6.45) is -2.82. The Balaban J connectivity index is 1.92. The minimum absolute atomic E-state index is 0.102. The highest BCUT2D eigenvalue weighted by Crippen LogP contribution is 2.39. The summed E-state index contributed by atoms with van der Waals surface area (Å²) in [5.41, 5.74) is 1.03. The molecule has 2 aromatic carbocycles. The molecule has 28 heavy (non-hydrogen) atoms. The number of alkyl halides is 3. The van der Waals surface area contributed by atoms with E-state index in [1.165, 1.54) is 12.1 Å². The molecule has 0 unspecified atom stereocenters. The minimum Gasteiger partial charge on any atom is -0.377 e. The van der Waals surface area contributed by atoms with Crippen molar-refractivity contribution in [1.82, 2.24) is 0 Å². The zero-order chi connectivity index (χ0) is 20.6. The summed E-state index contributed by atoms with van der Waals surface area (Å²) in [5.74, 6) is -0.442. The van der Waals surface area contributed by atoms with Crippen LogP contribution in [-0.4, -0.2) is 24.3 Å². The smallest absolute Gasteiger partial charge is 0.377 e. The van der Waals surface area contributed by atoms with Crippen molar-refractivity contribution in [3.63, 3.8) is 0 Å². The Labute approximate surface area is 178 Å². The molecule has 1 aliphatic rings. The summed E-state index contributed by atoms with van der Waals surface area (Å²) in [5, 5.41) is 0. The molecule has 2 aromatic rings. The number of amides is 1. The number of thiocarbonyl (C=S) groups is 1. The Hall–Kier alpha value is -1.84. The van der Waals surface area contributed by atoms with Crippen LogP contribution in [-0.2, 0) is 11.0 Å². The van der Waals surface area contributed by atoms with E-state index >= 15 is 0 Å². The molecule has 0 bridgehead atoms. The third-order valence-electron chi connectivity index (χ3n) is 3.98. The van der Waals surface area contributed by atoms with Crippen molar-refractivity contribution in [2.75, 3.05) is 23.9 Å². The van der Waals surface area contributed by atoms with E-state index in [1.54, 1.807) is 6.08 Å². The predicted molar refractivity (Wildman–Crippen MR) is 116 cm³/mol. The zero-order valence-electron chi connectivity index (χ0n) is 14.7. The van der Waals surface area contributed by atoms with Gasteiger partial charge in [-0.2, -0.15) is 13.2 Å². The largest absolute Gasteiger partial charge is 0.416 e. The van der Waals surface area contributed by atoms with E-state index in [0.717, 1.165) is 44.5 Å². The van der Waals surface area contributed by atoms with Gasteiger partial charge in [0.05, 0.1) is 21.8 Å². The fourth-order valence-electron chi connectivity index (χ4n) is 2.64. The molecule has 9 heteroatoms. The highest BCUT2D eigenvalue weighted by molar-refractivity contribution is 9.10. The number of nitrogens with zero attached hydrogens (tertiary/aromatic N) is 2. The molecule has 0 radical (unpaired) electrons. The quantitative estimate of drug-likeness (QED) is 0.395. The maximum atomic E-state index is 13.0. The van der Waals surface area contributed by atoms with E-state index in [9.17, 15) is 18.0 Å². The van der Waals surface area contributed by atoms with Crippen LogP contribution < -0.4 is 9.80 Å². The predicted octanol–water partition coefficient (Wildman–Crippen LogP) is 5.94. The average molecular weight is 487 g/mol. The Morgan fingerprint density at radius 1 is 1.18 bits per heavy atom. The molecule has 1 aliphatic heterocycles. The van der Waals surface area contributed by atoms with E-state index in [1.807, 2.05) is 37.2 Å². The molecule has 0 aromatic heterocycles. The third-order valence-corrected chi connectivity index (χ3v) is 5.91. The van der Waals surface area contributed by atoms with Crippen molar-refractivity contribution in [1.29, 1.82) is 0 Å². The maximum Gasteiger partial charge on any atom is 0.416 e. The number of rotatable bonds is 3. The molecule has 1 fully saturated rings. The number of carbonyl (C=O) groups excluding carboxylic acids is 1. The first kappa shape index (κ1) is 20.9. The van der Waals surface area contributed by atoms with Gasteiger partial charge in [-0.05, 0) is 57.9 Å². The lowest BCUT2D eigenvalue weighted by Crippen LogP contribution is -2.27. The van der Waals surface area contributed by atoms with Gasteiger partial charge >= 0.3 is 6.18 Å². The summed E-state index contributed by atoms with van der Waals surface area (Å²) >= 11 is 9.80. The summed E-state index contributed by atoms with van der Waals surface area (Å²) in [6, 6.07) is 10.2. The highest BCUT2D eigenvalue weighted by Gasteiger charge is 2.36. The summed E-state index contributed by atoms with van der Waals surface area (Å²) in [4.78, 5) is 16.2. The van der Waals surface area contributed by atoms with Crippen LogP contribution in [0.3, 0.4) is 0 Å². The number of halogens is 4. The molecule has 0 spiro atoms. The fraction of sp³-hybridized carbons (Fsp3) is 0.158. The lowest BCUT2D eigenvalue weighted by Gasteiger charge is -2.16. The molecule has 0 atom stereocenters. The Kier molecular flexibility index (Phi) is 5.88. The Morgan fingerprint density at radius 3 is 2.50 bits per heavy atom. The van der Waals surface area contributed by atoms with Crippen molar-refractivity contribution in [3.05, 3.63) is 63.0 Å². The van der Waals surface area contributed by atoms with Crippen molar-refractivity contribution in [2.24, 2.45) is 0 Å². The average Bonchev–Trinajstić information content (AvgIpc) is 2.87. The van der Waals surface area contributed by atoms with Gasteiger partial charge in [0.25, 0.3) is 5.91 Å². The lowest BCUT2D eigenvalue weighted by atomic mass is 10.1. The van der Waals surface area contributed by atoms with Crippen LogP contribution in [0.15, 0.2) is 51.8 Å². The van der Waals surface area contributed by atoms with Crippen LogP contribution >= 0.6 is 39.9 Å². The molecule has 0 aliphatic carbocycles. The van der Waals surface area contributed by atoms with E-state index in [2.05, 4.69) is 15.9 Å². The third kappa shape index (κ3) is 4.26. The van der Waals surface area contributed by atoms with E-state index in [4.69, 9.17) is 12.2 Å². The van der Waals surface area contributed by atoms with Gasteiger partial charge in [-0.1, -0.05) is 36.1 Å². The molecule has 146 valence electrons. The van der Waals surface area contributed by atoms with E-state index in [-0.39, 0.29) is 10.0 Å². The van der Waals surface area contributed by atoms with Gasteiger partial charge in [-0.15, -0.1) is 0 Å². The van der Waals surface area contributed by atoms with Crippen LogP contribution in [0, 0.1) is 0 Å². The first-order valence-corrected chi connectivity index (χ1v) is 10.0. The zero-order valence-corrected chi connectivity index (χ0v) is 18.0. The first-order valence-electron chi connectivity index (χ1n) is 8.00. The van der Waals surface area contributed by atoms with Crippen molar-refractivity contribution in [2.45, 2.75) is 6.18 Å². The Bertz CT molecular complexity index is 989. The molecular weight excluding hydrogens is 473 g/mol. The molecule has 3 nitrogen and oxygen atoms in total. The van der Waals surface area contributed by atoms with E-state index in [0.29, 0.717) is 4.91 Å². The summed E-state index contributed by atoms with van der Waals surface area (Å²) < 4.78 is 40.0. The van der Waals surface area contributed by atoms with Crippen LogP contribution in [0.25, 0.3) is 6.08 Å². The molecular formula is C19H14BrF3N2OS2. The van der Waals surface area contributed by atoms with Gasteiger partial charge < -0.3 is 4.90 Å². The molecule has 0 saturated carbocycles. The summed E-state index contributed by atoms with van der Waals surface area (Å²) in [6.45, 7) is 0. The van der Waals surface area contributed by atoms with Crippen LogP contribution in [0.1, 0.15) is 11.1 Å². The van der Waals surface area contributed by atoms with Gasteiger partial charge in [0.1, 0.15) is 0 Å². The molecule has 1 heterocycles. The second kappa shape index (κ2) is 7.88. The molecule has 3 rings (SSSR count). The molecule has 1 amide bonds. The van der Waals surface area contributed by atoms with Gasteiger partial charge in [0.15, 0.2) is 4.32 Å². The maximum absolute atomic E-state index is 13.0. The van der Waals surface area contributed by atoms with Crippen LogP contribution in [0.5, 0.6) is 0 Å². The van der Waals surface area contributed by atoms with Crippen LogP contribution in [0.2, 0.25) is 0 Å². The topological polar surface area (TPSA) is 23.6 Å². The number of carbonyl (C=O) groups is 1. The fourth-order valence-corrected chi connectivity index (χ4v) is 4.69. The number of benzene rings is 2. The van der Waals surface area contributed by atoms with Crippen LogP contribution in [0.4, 0.5) is 24.5 Å². The Morgan fingerprint density at radius 2 is 1.89 bits per heavy atom. The van der Waals surface area contributed by atoms with Crippen molar-refractivity contribution in [3.8, 4) is 0 Å². The summed E-state index contributed by atoms with van der Waals surface area (Å²) in [7, 11) is 3.83. The first-order chi connectivity index (χ1) is 13.1. The number of thioether (sulfide) groups is 1. The molecule has 1 saturated heterocycles. The second-order valence-corrected chi connectivity index (χ2v) is 8.70. The normalized spacial score (nSPS) is 16.2. The SMILES string of the molecule is CN(C)c1ccc(/C=C2\SC(=S)N(c3cccc(C(F)(F)F)c3)C2=O)cc1Br. The standard InChI is InChI=1S/C19H14BrF3N2OS2/c1-24(2)15-7-6-11(8-14(15)20)9-16-17(26)25(18(27)28-16)13-5-3-4-12(10-13)19(21,22)23/h3-10H,1-2H3/b16-9-. The van der Waals surface area contributed by atoms with Crippen molar-refractivity contribution < 1.29 is 18.0 Å². The monoisotopic (exact) mass is 486 g/mol. The number of hydrogen-bond acceptors (Lipinski definition) is 4. The van der Waals surface area contributed by atoms with Gasteiger partial charge in [-0.3, -0.25) is 9.69 Å². The van der Waals surface area contributed by atoms with E-state index < -0.39 is 17.6 Å². The highest BCUT2D eigenvalue weighted by atomic mass is 79.9. The number of anilines is 2. The lowest BCUT2D eigenvalue weighted by molar-refractivity contribution is -0.137. The minimum atomic E-state index is -4.49. The van der Waals surface area contributed by atoms with Gasteiger partial charge in [0, 0.05) is 18.6 Å². The van der Waals surface area contributed by atoms with Gasteiger partial charge in [0.2, 0.25) is 0 Å². The van der Waals surface area contributed by atoms with Gasteiger partial charge in [-0.25, -0.2) is 0 Å². The van der Waals surface area contributed by atoms with Crippen molar-refractivity contribution >= 4 is 67.6 Å². The second-order valence-electron chi connectivity index (χ2n) is 6.17.